The molecule has 26 heavy (non-hydrogen) atoms. The monoisotopic (exact) mass is 351 g/mol. The molecule has 0 saturated carbocycles. The van der Waals surface area contributed by atoms with Gasteiger partial charge < -0.3 is 9.64 Å². The second kappa shape index (κ2) is 8.65. The standard InChI is InChI=1S/C22H25NO3/c1-23(22(25)20-14-15-21(24)26-20)16-8-13-19(17-9-4-2-5-10-17)18-11-6-3-7-12-18/h2-7,9-12,19-20H,8,13-16H2,1H3/t20-/m1/s1. The summed E-state index contributed by atoms with van der Waals surface area (Å²) in [5, 5.41) is 0. The van der Waals surface area contributed by atoms with Crippen LogP contribution in [0.15, 0.2) is 60.7 Å². The van der Waals surface area contributed by atoms with Gasteiger partial charge in [0.05, 0.1) is 0 Å². The molecular formula is C22H25NO3. The fraction of sp³-hybridized carbons (Fsp3) is 0.364. The highest BCUT2D eigenvalue weighted by Gasteiger charge is 2.31. The highest BCUT2D eigenvalue weighted by atomic mass is 16.6. The van der Waals surface area contributed by atoms with Crippen molar-refractivity contribution in [2.24, 2.45) is 0 Å². The summed E-state index contributed by atoms with van der Waals surface area (Å²) in [5.74, 6) is -0.0537. The molecule has 1 fully saturated rings. The highest BCUT2D eigenvalue weighted by molar-refractivity contribution is 5.86. The first kappa shape index (κ1) is 18.2. The lowest BCUT2D eigenvalue weighted by Crippen LogP contribution is -2.36. The molecule has 1 aliphatic heterocycles. The molecule has 0 bridgehead atoms. The number of hydrogen-bond donors (Lipinski definition) is 0. The maximum atomic E-state index is 12.4. The molecule has 4 nitrogen and oxygen atoms in total. The quantitative estimate of drug-likeness (QED) is 0.714. The summed E-state index contributed by atoms with van der Waals surface area (Å²) >= 11 is 0. The third kappa shape index (κ3) is 4.51. The van der Waals surface area contributed by atoms with E-state index in [9.17, 15) is 9.59 Å². The van der Waals surface area contributed by atoms with E-state index >= 15 is 0 Å². The van der Waals surface area contributed by atoms with E-state index in [2.05, 4.69) is 48.5 Å². The van der Waals surface area contributed by atoms with E-state index < -0.39 is 6.10 Å². The van der Waals surface area contributed by atoms with Gasteiger partial charge >= 0.3 is 5.97 Å². The molecule has 3 rings (SSSR count). The van der Waals surface area contributed by atoms with Crippen molar-refractivity contribution in [3.05, 3.63) is 71.8 Å². The van der Waals surface area contributed by atoms with Gasteiger partial charge in [0.2, 0.25) is 0 Å². The third-order valence-electron chi connectivity index (χ3n) is 4.93. The molecule has 0 aromatic heterocycles. The molecule has 0 radical (unpaired) electrons. The number of esters is 1. The van der Waals surface area contributed by atoms with E-state index in [1.165, 1.54) is 11.1 Å². The molecule has 0 spiro atoms. The Hall–Kier alpha value is -2.62. The number of carbonyl (C=O) groups excluding carboxylic acids is 2. The van der Waals surface area contributed by atoms with Crippen LogP contribution in [-0.2, 0) is 14.3 Å². The topological polar surface area (TPSA) is 46.6 Å². The SMILES string of the molecule is CN(CCCC(c1ccccc1)c1ccccc1)C(=O)[C@H]1CCC(=O)O1. The van der Waals surface area contributed by atoms with Crippen molar-refractivity contribution < 1.29 is 14.3 Å². The third-order valence-corrected chi connectivity index (χ3v) is 4.93. The van der Waals surface area contributed by atoms with E-state index in [1.807, 2.05) is 12.1 Å². The van der Waals surface area contributed by atoms with Crippen LogP contribution in [0.3, 0.4) is 0 Å². The van der Waals surface area contributed by atoms with Gasteiger partial charge in [0.1, 0.15) is 0 Å². The van der Waals surface area contributed by atoms with Crippen LogP contribution in [0.25, 0.3) is 0 Å². The zero-order valence-corrected chi connectivity index (χ0v) is 15.1. The summed E-state index contributed by atoms with van der Waals surface area (Å²) in [4.78, 5) is 25.3. The van der Waals surface area contributed by atoms with Crippen LogP contribution in [0.5, 0.6) is 0 Å². The maximum absolute atomic E-state index is 12.4. The zero-order chi connectivity index (χ0) is 18.4. The lowest BCUT2D eigenvalue weighted by Gasteiger charge is -2.22. The molecule has 2 aromatic rings. The van der Waals surface area contributed by atoms with Crippen molar-refractivity contribution in [1.82, 2.24) is 4.90 Å². The van der Waals surface area contributed by atoms with Crippen LogP contribution in [-0.4, -0.2) is 36.5 Å². The Morgan fingerprint density at radius 2 is 1.65 bits per heavy atom. The normalized spacial score (nSPS) is 16.5. The first-order chi connectivity index (χ1) is 12.6. The number of cyclic esters (lactones) is 1. The van der Waals surface area contributed by atoms with Gasteiger partial charge in [-0.3, -0.25) is 9.59 Å². The number of benzene rings is 2. The van der Waals surface area contributed by atoms with Gasteiger partial charge in [-0.15, -0.1) is 0 Å². The molecule has 0 aliphatic carbocycles. The van der Waals surface area contributed by atoms with Crippen LogP contribution in [0.1, 0.15) is 42.7 Å². The fourth-order valence-corrected chi connectivity index (χ4v) is 3.48. The lowest BCUT2D eigenvalue weighted by molar-refractivity contribution is -0.152. The average Bonchev–Trinajstić information content (AvgIpc) is 3.12. The minimum absolute atomic E-state index is 0.0909. The van der Waals surface area contributed by atoms with E-state index in [4.69, 9.17) is 4.74 Å². The van der Waals surface area contributed by atoms with E-state index in [0.717, 1.165) is 12.8 Å². The Kier molecular flexibility index (Phi) is 6.05. The summed E-state index contributed by atoms with van der Waals surface area (Å²) in [6, 6.07) is 20.9. The molecule has 0 N–H and O–H groups in total. The molecule has 4 heteroatoms. The van der Waals surface area contributed by atoms with Crippen LogP contribution < -0.4 is 0 Å². The number of likely N-dealkylation sites (N-methyl/N-ethyl adjacent to an activating group) is 1. The number of nitrogens with zero attached hydrogens (tertiary/aromatic N) is 1. The highest BCUT2D eigenvalue weighted by Crippen LogP contribution is 2.29. The first-order valence-electron chi connectivity index (χ1n) is 9.19. The lowest BCUT2D eigenvalue weighted by atomic mass is 9.87. The predicted octanol–water partition coefficient (Wildman–Crippen LogP) is 3.76. The summed E-state index contributed by atoms with van der Waals surface area (Å²) in [6.07, 6.45) is 2.09. The number of hydrogen-bond acceptors (Lipinski definition) is 3. The van der Waals surface area contributed by atoms with Gasteiger partial charge in [0.15, 0.2) is 6.10 Å². The summed E-state index contributed by atoms with van der Waals surface area (Å²) in [7, 11) is 1.79. The largest absolute Gasteiger partial charge is 0.452 e. The van der Waals surface area contributed by atoms with Crippen LogP contribution in [0, 0.1) is 0 Å². The molecule has 1 saturated heterocycles. The molecule has 1 heterocycles. The molecule has 2 aromatic carbocycles. The Bertz CT molecular complexity index is 690. The van der Waals surface area contributed by atoms with Crippen molar-refractivity contribution in [1.29, 1.82) is 0 Å². The van der Waals surface area contributed by atoms with E-state index in [1.54, 1.807) is 11.9 Å². The van der Waals surface area contributed by atoms with Gasteiger partial charge in [-0.05, 0) is 24.0 Å². The molecule has 1 atom stereocenters. The molecule has 136 valence electrons. The van der Waals surface area contributed by atoms with Gasteiger partial charge in [-0.1, -0.05) is 60.7 Å². The summed E-state index contributed by atoms with van der Waals surface area (Å²) in [5.41, 5.74) is 2.58. The molecule has 0 unspecified atom stereocenters. The fourth-order valence-electron chi connectivity index (χ4n) is 3.48. The zero-order valence-electron chi connectivity index (χ0n) is 15.1. The first-order valence-corrected chi connectivity index (χ1v) is 9.19. The van der Waals surface area contributed by atoms with Gasteiger partial charge in [0, 0.05) is 32.4 Å². The van der Waals surface area contributed by atoms with Crippen LogP contribution in [0.2, 0.25) is 0 Å². The molecule has 1 aliphatic rings. The van der Waals surface area contributed by atoms with Crippen molar-refractivity contribution in [3.8, 4) is 0 Å². The Morgan fingerprint density at radius 1 is 1.08 bits per heavy atom. The van der Waals surface area contributed by atoms with Crippen molar-refractivity contribution in [2.75, 3.05) is 13.6 Å². The Morgan fingerprint density at radius 3 is 2.15 bits per heavy atom. The van der Waals surface area contributed by atoms with Crippen LogP contribution in [0.4, 0.5) is 0 Å². The van der Waals surface area contributed by atoms with Crippen molar-refractivity contribution >= 4 is 11.9 Å². The number of rotatable bonds is 7. The van der Waals surface area contributed by atoms with E-state index in [0.29, 0.717) is 25.3 Å². The maximum Gasteiger partial charge on any atom is 0.306 e. The second-order valence-electron chi connectivity index (χ2n) is 6.79. The second-order valence-corrected chi connectivity index (χ2v) is 6.79. The van der Waals surface area contributed by atoms with E-state index in [-0.39, 0.29) is 11.9 Å². The minimum Gasteiger partial charge on any atom is -0.452 e. The Balaban J connectivity index is 1.60. The average molecular weight is 351 g/mol. The smallest absolute Gasteiger partial charge is 0.306 e. The number of ether oxygens (including phenoxy) is 1. The number of carbonyl (C=O) groups is 2. The summed E-state index contributed by atoms with van der Waals surface area (Å²) in [6.45, 7) is 0.656. The molecule has 1 amide bonds. The number of amides is 1. The Labute approximate surface area is 154 Å². The minimum atomic E-state index is -0.591. The van der Waals surface area contributed by atoms with Gasteiger partial charge in [0.25, 0.3) is 5.91 Å². The predicted molar refractivity (Wildman–Crippen MR) is 101 cm³/mol. The van der Waals surface area contributed by atoms with Crippen molar-refractivity contribution in [2.45, 2.75) is 37.7 Å². The van der Waals surface area contributed by atoms with Crippen LogP contribution >= 0.6 is 0 Å². The van der Waals surface area contributed by atoms with Crippen molar-refractivity contribution in [3.63, 3.8) is 0 Å². The summed E-state index contributed by atoms with van der Waals surface area (Å²) < 4.78 is 5.08. The van der Waals surface area contributed by atoms with Gasteiger partial charge in [-0.25, -0.2) is 0 Å². The molecular weight excluding hydrogens is 326 g/mol. The van der Waals surface area contributed by atoms with Gasteiger partial charge in [-0.2, -0.15) is 0 Å².